The number of nitriles is 1. The van der Waals surface area contributed by atoms with Gasteiger partial charge in [-0.2, -0.15) is 5.26 Å². The van der Waals surface area contributed by atoms with Gasteiger partial charge in [0.1, 0.15) is 24.4 Å². The summed E-state index contributed by atoms with van der Waals surface area (Å²) in [6.07, 6.45) is 1.91. The smallest absolute Gasteiger partial charge is 0.411 e. The zero-order chi connectivity index (χ0) is 22.0. The van der Waals surface area contributed by atoms with Gasteiger partial charge in [0.25, 0.3) is 0 Å². The summed E-state index contributed by atoms with van der Waals surface area (Å²) in [5.41, 5.74) is -0.461. The third kappa shape index (κ3) is 6.32. The molecule has 1 aliphatic carbocycles. The Morgan fingerprint density at radius 2 is 1.72 bits per heavy atom. The SMILES string of the molecule is CC(C)(C)OC(=O)N(CC(=O)N1C[C@@H](F)C[C@H]1C#N)C1CCC(C(C)(C)C)CC1. The van der Waals surface area contributed by atoms with E-state index in [4.69, 9.17) is 4.74 Å². The van der Waals surface area contributed by atoms with Gasteiger partial charge in [-0.3, -0.25) is 9.69 Å². The molecule has 0 spiro atoms. The van der Waals surface area contributed by atoms with Crippen LogP contribution in [0.2, 0.25) is 0 Å². The van der Waals surface area contributed by atoms with Gasteiger partial charge in [0, 0.05) is 12.5 Å². The van der Waals surface area contributed by atoms with Crippen molar-refractivity contribution in [3.8, 4) is 6.07 Å². The monoisotopic (exact) mass is 409 g/mol. The number of hydrogen-bond acceptors (Lipinski definition) is 4. The Kier molecular flexibility index (Phi) is 7.19. The molecule has 0 aromatic rings. The zero-order valence-corrected chi connectivity index (χ0v) is 18.7. The van der Waals surface area contributed by atoms with Crippen LogP contribution in [-0.2, 0) is 9.53 Å². The van der Waals surface area contributed by atoms with Crippen LogP contribution >= 0.6 is 0 Å². The lowest BCUT2D eigenvalue weighted by Gasteiger charge is -2.41. The highest BCUT2D eigenvalue weighted by Gasteiger charge is 2.40. The highest BCUT2D eigenvalue weighted by molar-refractivity contribution is 5.83. The number of alkyl halides is 1. The maximum Gasteiger partial charge on any atom is 0.411 e. The lowest BCUT2D eigenvalue weighted by atomic mass is 9.71. The van der Waals surface area contributed by atoms with Gasteiger partial charge in [-0.05, 0) is 57.8 Å². The number of ether oxygens (including phenoxy) is 1. The maximum atomic E-state index is 13.7. The third-order valence-electron chi connectivity index (χ3n) is 6.02. The van der Waals surface area contributed by atoms with E-state index in [0.717, 1.165) is 25.7 Å². The summed E-state index contributed by atoms with van der Waals surface area (Å²) < 4.78 is 19.3. The van der Waals surface area contributed by atoms with E-state index in [2.05, 4.69) is 20.8 Å². The van der Waals surface area contributed by atoms with Crippen LogP contribution in [0.3, 0.4) is 0 Å². The Morgan fingerprint density at radius 3 is 2.21 bits per heavy atom. The van der Waals surface area contributed by atoms with E-state index in [9.17, 15) is 19.2 Å². The Morgan fingerprint density at radius 1 is 1.14 bits per heavy atom. The van der Waals surface area contributed by atoms with Gasteiger partial charge in [-0.25, -0.2) is 9.18 Å². The molecular weight excluding hydrogens is 373 g/mol. The summed E-state index contributed by atoms with van der Waals surface area (Å²) >= 11 is 0. The van der Waals surface area contributed by atoms with Crippen molar-refractivity contribution in [3.63, 3.8) is 0 Å². The average Bonchev–Trinajstić information content (AvgIpc) is 2.98. The van der Waals surface area contributed by atoms with E-state index in [0.29, 0.717) is 5.92 Å². The highest BCUT2D eigenvalue weighted by atomic mass is 19.1. The van der Waals surface area contributed by atoms with Crippen molar-refractivity contribution in [2.75, 3.05) is 13.1 Å². The molecule has 0 N–H and O–H groups in total. The molecule has 164 valence electrons. The van der Waals surface area contributed by atoms with Crippen molar-refractivity contribution in [1.82, 2.24) is 9.80 Å². The minimum absolute atomic E-state index is 0.0331. The molecule has 0 aromatic heterocycles. The summed E-state index contributed by atoms with van der Waals surface area (Å²) in [7, 11) is 0. The first kappa shape index (κ1) is 23.4. The maximum absolute atomic E-state index is 13.7. The molecule has 0 aromatic carbocycles. The molecule has 2 atom stereocenters. The Labute approximate surface area is 174 Å². The number of nitrogens with zero attached hydrogens (tertiary/aromatic N) is 3. The van der Waals surface area contributed by atoms with Gasteiger partial charge >= 0.3 is 6.09 Å². The molecule has 6 nitrogen and oxygen atoms in total. The molecule has 0 radical (unpaired) electrons. The van der Waals surface area contributed by atoms with Crippen LogP contribution in [0.5, 0.6) is 0 Å². The number of halogens is 1. The lowest BCUT2D eigenvalue weighted by Crippen LogP contribution is -2.51. The Hall–Kier alpha value is -1.84. The average molecular weight is 410 g/mol. The second-order valence-corrected chi connectivity index (χ2v) is 10.5. The van der Waals surface area contributed by atoms with Crippen LogP contribution in [0.1, 0.15) is 73.6 Å². The van der Waals surface area contributed by atoms with Crippen molar-refractivity contribution in [3.05, 3.63) is 0 Å². The van der Waals surface area contributed by atoms with Crippen LogP contribution in [0.15, 0.2) is 0 Å². The topological polar surface area (TPSA) is 73.6 Å². The third-order valence-corrected chi connectivity index (χ3v) is 6.02. The predicted octanol–water partition coefficient (Wildman–Crippen LogP) is 4.29. The first-order valence-electron chi connectivity index (χ1n) is 10.6. The van der Waals surface area contributed by atoms with Crippen LogP contribution in [0, 0.1) is 22.7 Å². The van der Waals surface area contributed by atoms with E-state index < -0.39 is 23.9 Å². The fourth-order valence-electron chi connectivity index (χ4n) is 4.34. The molecular formula is C22H36FN3O3. The Bertz CT molecular complexity index is 639. The zero-order valence-electron chi connectivity index (χ0n) is 18.7. The molecule has 0 bridgehead atoms. The van der Waals surface area contributed by atoms with E-state index in [1.165, 1.54) is 9.80 Å². The van der Waals surface area contributed by atoms with Crippen molar-refractivity contribution in [1.29, 1.82) is 5.26 Å². The molecule has 1 aliphatic heterocycles. The quantitative estimate of drug-likeness (QED) is 0.697. The molecule has 2 rings (SSSR count). The molecule has 7 heteroatoms. The minimum atomic E-state index is -1.19. The molecule has 1 saturated heterocycles. The van der Waals surface area contributed by atoms with Crippen LogP contribution < -0.4 is 0 Å². The Balaban J connectivity index is 2.13. The summed E-state index contributed by atoms with van der Waals surface area (Å²) in [6.45, 7) is 11.8. The first-order valence-corrected chi connectivity index (χ1v) is 10.6. The first-order chi connectivity index (χ1) is 13.3. The minimum Gasteiger partial charge on any atom is -0.444 e. The summed E-state index contributed by atoms with van der Waals surface area (Å²) in [5, 5.41) is 9.24. The lowest BCUT2D eigenvalue weighted by molar-refractivity contribution is -0.133. The second kappa shape index (κ2) is 8.89. The number of carbonyl (C=O) groups is 2. The summed E-state index contributed by atoms with van der Waals surface area (Å²) in [4.78, 5) is 28.5. The fourth-order valence-corrected chi connectivity index (χ4v) is 4.34. The van der Waals surface area contributed by atoms with Gasteiger partial charge in [0.05, 0.1) is 12.6 Å². The van der Waals surface area contributed by atoms with Crippen molar-refractivity contribution in [2.24, 2.45) is 11.3 Å². The van der Waals surface area contributed by atoms with Crippen molar-refractivity contribution in [2.45, 2.75) is 97.5 Å². The van der Waals surface area contributed by atoms with E-state index in [-0.39, 0.29) is 36.9 Å². The molecule has 2 aliphatic rings. The van der Waals surface area contributed by atoms with Gasteiger partial charge in [0.2, 0.25) is 5.91 Å². The molecule has 29 heavy (non-hydrogen) atoms. The predicted molar refractivity (Wildman–Crippen MR) is 109 cm³/mol. The fraction of sp³-hybridized carbons (Fsp3) is 0.864. The number of amides is 2. The molecule has 2 amide bonds. The van der Waals surface area contributed by atoms with Crippen LogP contribution in [-0.4, -0.2) is 58.7 Å². The van der Waals surface area contributed by atoms with Crippen LogP contribution in [0.4, 0.5) is 9.18 Å². The molecule has 2 fully saturated rings. The van der Waals surface area contributed by atoms with Gasteiger partial charge < -0.3 is 9.64 Å². The highest BCUT2D eigenvalue weighted by Crippen LogP contribution is 2.39. The van der Waals surface area contributed by atoms with Crippen molar-refractivity contribution >= 4 is 12.0 Å². The normalized spacial score (nSPS) is 28.0. The number of carbonyl (C=O) groups excluding carboxylic acids is 2. The van der Waals surface area contributed by atoms with Gasteiger partial charge in [0.15, 0.2) is 0 Å². The van der Waals surface area contributed by atoms with E-state index >= 15 is 0 Å². The second-order valence-electron chi connectivity index (χ2n) is 10.5. The summed E-state index contributed by atoms with van der Waals surface area (Å²) in [5.74, 6) is 0.185. The van der Waals surface area contributed by atoms with Crippen LogP contribution in [0.25, 0.3) is 0 Å². The molecule has 0 unspecified atom stereocenters. The van der Waals surface area contributed by atoms with Gasteiger partial charge in [-0.15, -0.1) is 0 Å². The molecule has 1 saturated carbocycles. The number of likely N-dealkylation sites (tertiary alicyclic amines) is 1. The largest absolute Gasteiger partial charge is 0.444 e. The van der Waals surface area contributed by atoms with Crippen molar-refractivity contribution < 1.29 is 18.7 Å². The molecule has 1 heterocycles. The number of hydrogen-bond donors (Lipinski definition) is 0. The van der Waals surface area contributed by atoms with Gasteiger partial charge in [-0.1, -0.05) is 20.8 Å². The summed E-state index contributed by atoms with van der Waals surface area (Å²) in [6, 6.07) is 1.14. The van der Waals surface area contributed by atoms with E-state index in [1.807, 2.05) is 6.07 Å². The van der Waals surface area contributed by atoms with E-state index in [1.54, 1.807) is 20.8 Å². The standard InChI is InChI=1S/C22H36FN3O3/c1-21(2,3)15-7-9-17(10-8-15)26(20(28)29-22(4,5)6)14-19(27)25-13-16(23)11-18(25)12-24/h15-18H,7-11,13-14H2,1-6H3/t15?,16-,17?,18-/m0/s1. The number of rotatable bonds is 3.